The number of aliphatic carboxylic acids is 1. The van der Waals surface area contributed by atoms with E-state index in [0.29, 0.717) is 16.2 Å². The van der Waals surface area contributed by atoms with Crippen LogP contribution < -0.4 is 5.32 Å². The molecule has 0 saturated heterocycles. The number of nitrogens with one attached hydrogen (secondary N) is 1. The molecular formula is C16H18ClNO5. The molecule has 0 radical (unpaired) electrons. The lowest BCUT2D eigenvalue weighted by Gasteiger charge is -2.28. The number of carbonyl (C=O) groups is 2. The van der Waals surface area contributed by atoms with Gasteiger partial charge in [-0.05, 0) is 19.9 Å². The van der Waals surface area contributed by atoms with E-state index in [4.69, 9.17) is 25.9 Å². The zero-order valence-electron chi connectivity index (χ0n) is 13.1. The Morgan fingerprint density at radius 3 is 2.70 bits per heavy atom. The first-order valence-corrected chi connectivity index (χ1v) is 7.36. The molecular weight excluding hydrogens is 322 g/mol. The Morgan fingerprint density at radius 2 is 2.13 bits per heavy atom. The predicted molar refractivity (Wildman–Crippen MR) is 86.0 cm³/mol. The number of aryl methyl sites for hydroxylation is 1. The molecule has 0 aliphatic heterocycles. The van der Waals surface area contributed by atoms with Crippen LogP contribution in [0.3, 0.4) is 0 Å². The summed E-state index contributed by atoms with van der Waals surface area (Å²) in [5.41, 5.74) is 0.0333. The normalized spacial score (nSPS) is 13.7. The Labute approximate surface area is 138 Å². The van der Waals surface area contributed by atoms with Crippen molar-refractivity contribution in [1.82, 2.24) is 5.32 Å². The minimum Gasteiger partial charge on any atom is -0.481 e. The number of amides is 1. The van der Waals surface area contributed by atoms with E-state index in [2.05, 4.69) is 5.32 Å². The van der Waals surface area contributed by atoms with Gasteiger partial charge in [0.2, 0.25) is 0 Å². The van der Waals surface area contributed by atoms with Crippen molar-refractivity contribution in [3.05, 3.63) is 34.5 Å². The molecule has 0 spiro atoms. The molecule has 2 N–H and O–H groups in total. The minimum absolute atomic E-state index is 0.0606. The van der Waals surface area contributed by atoms with Crippen molar-refractivity contribution >= 4 is 34.4 Å². The zero-order chi connectivity index (χ0) is 17.2. The number of ether oxygens (including phenoxy) is 1. The summed E-state index contributed by atoms with van der Waals surface area (Å²) < 4.78 is 10.6. The topological polar surface area (TPSA) is 88.8 Å². The SMILES string of the molecule is COCC(C)(CC(=O)O)NC(=O)c1oc2c(Cl)cccc2c1C. The summed E-state index contributed by atoms with van der Waals surface area (Å²) in [5, 5.41) is 12.9. The molecule has 1 atom stereocenters. The number of benzene rings is 1. The summed E-state index contributed by atoms with van der Waals surface area (Å²) >= 11 is 6.08. The number of hydrogen-bond acceptors (Lipinski definition) is 4. The number of halogens is 1. The van der Waals surface area contributed by atoms with Crippen LogP contribution in [-0.2, 0) is 9.53 Å². The van der Waals surface area contributed by atoms with Gasteiger partial charge in [-0.3, -0.25) is 9.59 Å². The molecule has 1 unspecified atom stereocenters. The van der Waals surface area contributed by atoms with Gasteiger partial charge in [-0.15, -0.1) is 0 Å². The fourth-order valence-electron chi connectivity index (χ4n) is 2.54. The molecule has 2 aromatic rings. The molecule has 0 aliphatic carbocycles. The van der Waals surface area contributed by atoms with Crippen molar-refractivity contribution < 1.29 is 23.8 Å². The standard InChI is InChI=1S/C16H18ClNO5/c1-9-10-5-4-6-11(17)14(10)23-13(9)15(21)18-16(2,8-22-3)7-12(19)20/h4-6H,7-8H2,1-3H3,(H,18,21)(H,19,20). The smallest absolute Gasteiger partial charge is 0.305 e. The van der Waals surface area contributed by atoms with Crippen LogP contribution in [0.1, 0.15) is 29.5 Å². The lowest BCUT2D eigenvalue weighted by Crippen LogP contribution is -2.50. The highest BCUT2D eigenvalue weighted by molar-refractivity contribution is 6.35. The third-order valence-electron chi connectivity index (χ3n) is 3.54. The van der Waals surface area contributed by atoms with Gasteiger partial charge in [0.05, 0.1) is 23.6 Å². The van der Waals surface area contributed by atoms with E-state index in [9.17, 15) is 9.59 Å². The van der Waals surface area contributed by atoms with Crippen LogP contribution in [0.25, 0.3) is 11.0 Å². The number of para-hydroxylation sites is 1. The number of methoxy groups -OCH3 is 1. The number of carboxylic acid groups (broad SMARTS) is 1. The van der Waals surface area contributed by atoms with E-state index in [1.807, 2.05) is 6.07 Å². The predicted octanol–water partition coefficient (Wildman–Crippen LogP) is 3.00. The minimum atomic E-state index is -1.05. The summed E-state index contributed by atoms with van der Waals surface area (Å²) in [7, 11) is 1.44. The molecule has 1 amide bonds. The maximum Gasteiger partial charge on any atom is 0.305 e. The Bertz CT molecular complexity index is 754. The third-order valence-corrected chi connectivity index (χ3v) is 3.84. The second-order valence-corrected chi connectivity index (χ2v) is 6.10. The highest BCUT2D eigenvalue weighted by Gasteiger charge is 2.32. The quantitative estimate of drug-likeness (QED) is 0.844. The lowest BCUT2D eigenvalue weighted by molar-refractivity contribution is -0.139. The van der Waals surface area contributed by atoms with Gasteiger partial charge in [0.15, 0.2) is 11.3 Å². The second kappa shape index (κ2) is 6.60. The summed E-state index contributed by atoms with van der Waals surface area (Å²) in [6.45, 7) is 3.42. The Hall–Kier alpha value is -2.05. The van der Waals surface area contributed by atoms with Crippen molar-refractivity contribution in [3.8, 4) is 0 Å². The van der Waals surface area contributed by atoms with E-state index < -0.39 is 17.4 Å². The van der Waals surface area contributed by atoms with Crippen molar-refractivity contribution in [1.29, 1.82) is 0 Å². The van der Waals surface area contributed by atoms with Gasteiger partial charge in [0, 0.05) is 18.1 Å². The fraction of sp³-hybridized carbons (Fsp3) is 0.375. The number of fused-ring (bicyclic) bond motifs is 1. The van der Waals surface area contributed by atoms with E-state index in [1.165, 1.54) is 7.11 Å². The van der Waals surface area contributed by atoms with Gasteiger partial charge in [0.1, 0.15) is 0 Å². The Balaban J connectivity index is 2.34. The molecule has 1 heterocycles. The second-order valence-electron chi connectivity index (χ2n) is 5.69. The summed E-state index contributed by atoms with van der Waals surface area (Å²) in [6, 6.07) is 5.25. The zero-order valence-corrected chi connectivity index (χ0v) is 13.9. The number of furan rings is 1. The monoisotopic (exact) mass is 339 g/mol. The number of carbonyl (C=O) groups excluding carboxylic acids is 1. The molecule has 0 saturated carbocycles. The highest BCUT2D eigenvalue weighted by atomic mass is 35.5. The maximum absolute atomic E-state index is 12.5. The largest absolute Gasteiger partial charge is 0.481 e. The van der Waals surface area contributed by atoms with E-state index in [-0.39, 0.29) is 18.8 Å². The van der Waals surface area contributed by atoms with Crippen molar-refractivity contribution in [3.63, 3.8) is 0 Å². The van der Waals surface area contributed by atoms with Gasteiger partial charge in [-0.25, -0.2) is 0 Å². The molecule has 0 fully saturated rings. The van der Waals surface area contributed by atoms with E-state index in [0.717, 1.165) is 5.39 Å². The van der Waals surface area contributed by atoms with Crippen molar-refractivity contribution in [2.24, 2.45) is 0 Å². The van der Waals surface area contributed by atoms with Crippen molar-refractivity contribution in [2.45, 2.75) is 25.8 Å². The molecule has 23 heavy (non-hydrogen) atoms. The Kier molecular flexibility index (Phi) is 4.97. The number of carboxylic acids is 1. The van der Waals surface area contributed by atoms with Crippen LogP contribution in [-0.4, -0.2) is 36.2 Å². The molecule has 7 heteroatoms. The average Bonchev–Trinajstić information content (AvgIpc) is 2.77. The first kappa shape index (κ1) is 17.3. The highest BCUT2D eigenvalue weighted by Crippen LogP contribution is 2.31. The molecule has 0 bridgehead atoms. The lowest BCUT2D eigenvalue weighted by atomic mass is 9.98. The third kappa shape index (κ3) is 3.65. The van der Waals surface area contributed by atoms with Crippen LogP contribution in [0.15, 0.2) is 22.6 Å². The maximum atomic E-state index is 12.5. The van der Waals surface area contributed by atoms with Crippen LogP contribution in [0.2, 0.25) is 5.02 Å². The summed E-state index contributed by atoms with van der Waals surface area (Å²) in [4.78, 5) is 23.5. The van der Waals surface area contributed by atoms with Crippen LogP contribution >= 0.6 is 11.6 Å². The molecule has 124 valence electrons. The first-order valence-electron chi connectivity index (χ1n) is 6.98. The van der Waals surface area contributed by atoms with Gasteiger partial charge in [-0.2, -0.15) is 0 Å². The van der Waals surface area contributed by atoms with Gasteiger partial charge >= 0.3 is 5.97 Å². The Morgan fingerprint density at radius 1 is 1.43 bits per heavy atom. The summed E-state index contributed by atoms with van der Waals surface area (Å²) in [5.74, 6) is -1.43. The fourth-order valence-corrected chi connectivity index (χ4v) is 2.75. The van der Waals surface area contributed by atoms with Crippen LogP contribution in [0.5, 0.6) is 0 Å². The first-order chi connectivity index (χ1) is 10.8. The molecule has 1 aromatic heterocycles. The van der Waals surface area contributed by atoms with Gasteiger partial charge in [-0.1, -0.05) is 23.7 Å². The average molecular weight is 340 g/mol. The van der Waals surface area contributed by atoms with E-state index >= 15 is 0 Å². The van der Waals surface area contributed by atoms with E-state index in [1.54, 1.807) is 26.0 Å². The van der Waals surface area contributed by atoms with Crippen molar-refractivity contribution in [2.75, 3.05) is 13.7 Å². The van der Waals surface area contributed by atoms with Gasteiger partial charge < -0.3 is 19.6 Å². The van der Waals surface area contributed by atoms with Gasteiger partial charge in [0.25, 0.3) is 5.91 Å². The number of hydrogen-bond donors (Lipinski definition) is 2. The molecule has 6 nitrogen and oxygen atoms in total. The number of rotatable bonds is 6. The molecule has 0 aliphatic rings. The van der Waals surface area contributed by atoms with Crippen LogP contribution in [0, 0.1) is 6.92 Å². The van der Waals surface area contributed by atoms with Crippen LogP contribution in [0.4, 0.5) is 0 Å². The molecule has 1 aromatic carbocycles. The summed E-state index contributed by atoms with van der Waals surface area (Å²) in [6.07, 6.45) is -0.271. The molecule has 2 rings (SSSR count).